The Labute approximate surface area is 89.5 Å². The van der Waals surface area contributed by atoms with Crippen molar-refractivity contribution in [2.75, 3.05) is 11.1 Å². The largest absolute Gasteiger partial charge is 0.212 e. The fourth-order valence-corrected chi connectivity index (χ4v) is 3.50. The molecule has 5 heteroatoms. The Morgan fingerprint density at radius 2 is 1.92 bits per heavy atom. The van der Waals surface area contributed by atoms with Gasteiger partial charge in [0.25, 0.3) is 0 Å². The van der Waals surface area contributed by atoms with E-state index in [4.69, 9.17) is 0 Å². The maximum absolute atomic E-state index is 11.4. The quantitative estimate of drug-likeness (QED) is 0.748. The average Bonchev–Trinajstić information content (AvgIpc) is 1.99. The van der Waals surface area contributed by atoms with Crippen molar-refractivity contribution in [2.45, 2.75) is 33.2 Å². The highest BCUT2D eigenvalue weighted by atomic mass is 79.9. The molecule has 3 nitrogen and oxygen atoms in total. The lowest BCUT2D eigenvalue weighted by atomic mass is 10.1. The van der Waals surface area contributed by atoms with Crippen LogP contribution in [0.15, 0.2) is 0 Å². The van der Waals surface area contributed by atoms with Crippen molar-refractivity contribution >= 4 is 26.0 Å². The molecule has 1 atom stereocenters. The first-order chi connectivity index (χ1) is 5.93. The van der Waals surface area contributed by atoms with Crippen LogP contribution >= 0.6 is 15.9 Å². The molecule has 1 N–H and O–H groups in total. The van der Waals surface area contributed by atoms with Crippen LogP contribution < -0.4 is 4.72 Å². The van der Waals surface area contributed by atoms with Crippen LogP contribution in [-0.2, 0) is 10.0 Å². The standard InChI is InChI=1S/C8H18BrNO2S/c1-4-5-13(11,12)10-8(6-9)7(2)3/h7-8,10H,4-6H2,1-3H3. The highest BCUT2D eigenvalue weighted by molar-refractivity contribution is 9.09. The summed E-state index contributed by atoms with van der Waals surface area (Å²) in [5, 5.41) is 0.660. The predicted molar refractivity (Wildman–Crippen MR) is 59.6 cm³/mol. The lowest BCUT2D eigenvalue weighted by Crippen LogP contribution is -2.40. The molecule has 0 aromatic rings. The van der Waals surface area contributed by atoms with Crippen LogP contribution in [0.2, 0.25) is 0 Å². The minimum Gasteiger partial charge on any atom is -0.212 e. The topological polar surface area (TPSA) is 46.2 Å². The van der Waals surface area contributed by atoms with Crippen LogP contribution in [0.4, 0.5) is 0 Å². The summed E-state index contributed by atoms with van der Waals surface area (Å²) >= 11 is 3.29. The van der Waals surface area contributed by atoms with E-state index in [0.717, 1.165) is 0 Å². The molecule has 13 heavy (non-hydrogen) atoms. The SMILES string of the molecule is CCCS(=O)(=O)NC(CBr)C(C)C. The van der Waals surface area contributed by atoms with E-state index in [1.165, 1.54) is 0 Å². The second-order valence-electron chi connectivity index (χ2n) is 3.44. The Morgan fingerprint density at radius 1 is 1.38 bits per heavy atom. The van der Waals surface area contributed by atoms with Crippen LogP contribution in [0.25, 0.3) is 0 Å². The lowest BCUT2D eigenvalue weighted by Gasteiger charge is -2.19. The summed E-state index contributed by atoms with van der Waals surface area (Å²) in [6.45, 7) is 5.86. The van der Waals surface area contributed by atoms with Gasteiger partial charge in [-0.2, -0.15) is 0 Å². The zero-order valence-corrected chi connectivity index (χ0v) is 10.8. The van der Waals surface area contributed by atoms with E-state index < -0.39 is 10.0 Å². The van der Waals surface area contributed by atoms with Gasteiger partial charge in [0.15, 0.2) is 0 Å². The fraction of sp³-hybridized carbons (Fsp3) is 1.00. The Balaban J connectivity index is 4.23. The monoisotopic (exact) mass is 271 g/mol. The summed E-state index contributed by atoms with van der Waals surface area (Å²) in [5.74, 6) is 0.523. The molecule has 0 bridgehead atoms. The predicted octanol–water partition coefficient (Wildman–Crippen LogP) is 1.74. The van der Waals surface area contributed by atoms with E-state index in [-0.39, 0.29) is 11.8 Å². The van der Waals surface area contributed by atoms with Gasteiger partial charge in [0.05, 0.1) is 5.75 Å². The molecule has 0 radical (unpaired) electrons. The molecule has 0 amide bonds. The van der Waals surface area contributed by atoms with Crippen LogP contribution in [-0.4, -0.2) is 25.5 Å². The van der Waals surface area contributed by atoms with Gasteiger partial charge in [-0.25, -0.2) is 13.1 Å². The summed E-state index contributed by atoms with van der Waals surface area (Å²) in [5.41, 5.74) is 0. The molecule has 0 aliphatic carbocycles. The first-order valence-electron chi connectivity index (χ1n) is 4.49. The number of sulfonamides is 1. The van der Waals surface area contributed by atoms with Gasteiger partial charge in [-0.3, -0.25) is 0 Å². The van der Waals surface area contributed by atoms with Crippen molar-refractivity contribution in [3.8, 4) is 0 Å². The minimum absolute atomic E-state index is 0.00319. The lowest BCUT2D eigenvalue weighted by molar-refractivity contribution is 0.483. The molecule has 0 aliphatic rings. The molecule has 0 spiro atoms. The van der Waals surface area contributed by atoms with Crippen molar-refractivity contribution < 1.29 is 8.42 Å². The molecule has 0 aromatic heterocycles. The molecule has 0 saturated heterocycles. The molecule has 0 heterocycles. The van der Waals surface area contributed by atoms with Gasteiger partial charge >= 0.3 is 0 Å². The van der Waals surface area contributed by atoms with Gasteiger partial charge in [-0.15, -0.1) is 0 Å². The van der Waals surface area contributed by atoms with Crippen LogP contribution in [0.3, 0.4) is 0 Å². The summed E-state index contributed by atoms with van der Waals surface area (Å²) in [6.07, 6.45) is 0.655. The van der Waals surface area contributed by atoms with E-state index in [0.29, 0.717) is 17.7 Å². The third-order valence-corrected chi connectivity index (χ3v) is 4.08. The normalized spacial score (nSPS) is 14.8. The maximum Gasteiger partial charge on any atom is 0.211 e. The molecule has 0 saturated carbocycles. The van der Waals surface area contributed by atoms with Crippen LogP contribution in [0.1, 0.15) is 27.2 Å². The summed E-state index contributed by atoms with van der Waals surface area (Å²) in [4.78, 5) is 0. The Morgan fingerprint density at radius 3 is 2.23 bits per heavy atom. The average molecular weight is 272 g/mol. The van der Waals surface area contributed by atoms with Gasteiger partial charge in [-0.05, 0) is 12.3 Å². The number of hydrogen-bond acceptors (Lipinski definition) is 2. The van der Waals surface area contributed by atoms with Gasteiger partial charge in [0.1, 0.15) is 0 Å². The number of hydrogen-bond donors (Lipinski definition) is 1. The smallest absolute Gasteiger partial charge is 0.211 e. The fourth-order valence-electron chi connectivity index (χ4n) is 0.904. The summed E-state index contributed by atoms with van der Waals surface area (Å²) in [7, 11) is -3.07. The maximum atomic E-state index is 11.4. The molecular formula is C8H18BrNO2S. The van der Waals surface area contributed by atoms with Crippen LogP contribution in [0, 0.1) is 5.92 Å². The van der Waals surface area contributed by atoms with Crippen molar-refractivity contribution in [3.63, 3.8) is 0 Å². The molecule has 0 fully saturated rings. The number of alkyl halides is 1. The summed E-state index contributed by atoms with van der Waals surface area (Å²) < 4.78 is 25.4. The number of nitrogens with one attached hydrogen (secondary N) is 1. The highest BCUT2D eigenvalue weighted by Gasteiger charge is 2.18. The third-order valence-electron chi connectivity index (χ3n) is 1.77. The van der Waals surface area contributed by atoms with Gasteiger partial charge < -0.3 is 0 Å². The second kappa shape index (κ2) is 5.98. The Bertz CT molecular complexity index is 226. The first-order valence-corrected chi connectivity index (χ1v) is 7.26. The zero-order valence-electron chi connectivity index (χ0n) is 8.38. The highest BCUT2D eigenvalue weighted by Crippen LogP contribution is 2.06. The van der Waals surface area contributed by atoms with Gasteiger partial charge in [-0.1, -0.05) is 36.7 Å². The number of halogens is 1. The van der Waals surface area contributed by atoms with Crippen molar-refractivity contribution in [2.24, 2.45) is 5.92 Å². The van der Waals surface area contributed by atoms with E-state index in [1.54, 1.807) is 0 Å². The van der Waals surface area contributed by atoms with Crippen molar-refractivity contribution in [3.05, 3.63) is 0 Å². The van der Waals surface area contributed by atoms with E-state index in [2.05, 4.69) is 20.7 Å². The van der Waals surface area contributed by atoms with Crippen LogP contribution in [0.5, 0.6) is 0 Å². The van der Waals surface area contributed by atoms with E-state index >= 15 is 0 Å². The Kier molecular flexibility index (Phi) is 6.16. The molecule has 80 valence electrons. The van der Waals surface area contributed by atoms with Gasteiger partial charge in [0.2, 0.25) is 10.0 Å². The van der Waals surface area contributed by atoms with E-state index in [9.17, 15) is 8.42 Å². The number of rotatable bonds is 6. The van der Waals surface area contributed by atoms with Gasteiger partial charge in [0, 0.05) is 11.4 Å². The van der Waals surface area contributed by atoms with Crippen molar-refractivity contribution in [1.29, 1.82) is 0 Å². The molecule has 0 aliphatic heterocycles. The van der Waals surface area contributed by atoms with Crippen molar-refractivity contribution in [1.82, 2.24) is 4.72 Å². The first kappa shape index (κ1) is 13.4. The molecule has 0 aromatic carbocycles. The minimum atomic E-state index is -3.07. The second-order valence-corrected chi connectivity index (χ2v) is 5.96. The Hall–Kier alpha value is 0.390. The van der Waals surface area contributed by atoms with E-state index in [1.807, 2.05) is 20.8 Å². The molecule has 1 unspecified atom stereocenters. The molecule has 0 rings (SSSR count). The molecular weight excluding hydrogens is 254 g/mol. The zero-order chi connectivity index (χ0) is 10.5. The summed E-state index contributed by atoms with van der Waals surface area (Å²) in [6, 6.07) is -0.00319. The third kappa shape index (κ3) is 5.65.